The van der Waals surface area contributed by atoms with Gasteiger partial charge in [0, 0.05) is 6.42 Å². The fourth-order valence-corrected chi connectivity index (χ4v) is 2.28. The molecule has 114 valence electrons. The van der Waals surface area contributed by atoms with Crippen LogP contribution in [0.5, 0.6) is 0 Å². The van der Waals surface area contributed by atoms with E-state index in [2.05, 4.69) is 20.8 Å². The van der Waals surface area contributed by atoms with Gasteiger partial charge in [0.1, 0.15) is 6.10 Å². The highest BCUT2D eigenvalue weighted by molar-refractivity contribution is 5.69. The first kappa shape index (κ1) is 18.5. The predicted octanol–water partition coefficient (Wildman–Crippen LogP) is 5.64. The van der Waals surface area contributed by atoms with E-state index in [1.807, 2.05) is 0 Å². The van der Waals surface area contributed by atoms with Crippen molar-refractivity contribution in [1.29, 1.82) is 0 Å². The van der Waals surface area contributed by atoms with Crippen molar-refractivity contribution < 1.29 is 9.53 Å². The molecule has 2 heteroatoms. The van der Waals surface area contributed by atoms with Crippen LogP contribution < -0.4 is 0 Å². The Balaban J connectivity index is 3.27. The Bertz CT molecular complexity index is 197. The number of hydrogen-bond acceptors (Lipinski definition) is 2. The zero-order chi connectivity index (χ0) is 14.3. The van der Waals surface area contributed by atoms with Gasteiger partial charge in [-0.2, -0.15) is 0 Å². The average molecular weight is 270 g/mol. The molecule has 0 saturated carbocycles. The maximum Gasteiger partial charge on any atom is 0.306 e. The van der Waals surface area contributed by atoms with E-state index >= 15 is 0 Å². The summed E-state index contributed by atoms with van der Waals surface area (Å²) in [5.74, 6) is -0.00311. The Morgan fingerprint density at radius 1 is 0.789 bits per heavy atom. The van der Waals surface area contributed by atoms with Crippen molar-refractivity contribution in [3.8, 4) is 0 Å². The summed E-state index contributed by atoms with van der Waals surface area (Å²) in [6, 6.07) is 0. The van der Waals surface area contributed by atoms with Crippen molar-refractivity contribution in [2.45, 2.75) is 104 Å². The molecule has 0 aliphatic carbocycles. The molecular weight excluding hydrogens is 236 g/mol. The molecule has 0 aromatic rings. The first-order valence-corrected chi connectivity index (χ1v) is 8.44. The highest BCUT2D eigenvalue weighted by Crippen LogP contribution is 2.11. The lowest BCUT2D eigenvalue weighted by molar-refractivity contribution is -0.149. The molecule has 0 spiro atoms. The maximum absolute atomic E-state index is 11.6. The minimum Gasteiger partial charge on any atom is -0.462 e. The van der Waals surface area contributed by atoms with Gasteiger partial charge in [-0.1, -0.05) is 72.1 Å². The number of rotatable bonds is 13. The maximum atomic E-state index is 11.6. The largest absolute Gasteiger partial charge is 0.462 e. The van der Waals surface area contributed by atoms with E-state index in [4.69, 9.17) is 4.74 Å². The molecule has 0 amide bonds. The molecule has 0 bridgehead atoms. The summed E-state index contributed by atoms with van der Waals surface area (Å²) < 4.78 is 5.38. The Kier molecular flexibility index (Phi) is 13.5. The van der Waals surface area contributed by atoms with E-state index in [0.29, 0.717) is 6.42 Å². The van der Waals surface area contributed by atoms with Crippen LogP contribution in [0.15, 0.2) is 0 Å². The molecule has 0 aromatic heterocycles. The van der Waals surface area contributed by atoms with Gasteiger partial charge in [-0.05, 0) is 19.3 Å². The smallest absolute Gasteiger partial charge is 0.306 e. The van der Waals surface area contributed by atoms with Crippen LogP contribution in [0, 0.1) is 0 Å². The third kappa shape index (κ3) is 12.3. The summed E-state index contributed by atoms with van der Waals surface area (Å²) in [4.78, 5) is 11.6. The van der Waals surface area contributed by atoms with Gasteiger partial charge in [0.15, 0.2) is 0 Å². The third-order valence-electron chi connectivity index (χ3n) is 3.69. The topological polar surface area (TPSA) is 26.3 Å². The minimum atomic E-state index is -0.00311. The lowest BCUT2D eigenvalue weighted by atomic mass is 10.1. The predicted molar refractivity (Wildman–Crippen MR) is 82.3 cm³/mol. The zero-order valence-corrected chi connectivity index (χ0v) is 13.4. The van der Waals surface area contributed by atoms with Gasteiger partial charge in [-0.15, -0.1) is 0 Å². The van der Waals surface area contributed by atoms with Crippen molar-refractivity contribution in [3.05, 3.63) is 0 Å². The van der Waals surface area contributed by atoms with Crippen molar-refractivity contribution >= 4 is 5.97 Å². The van der Waals surface area contributed by atoms with Crippen LogP contribution in [0.1, 0.15) is 97.8 Å². The Hall–Kier alpha value is -0.530. The van der Waals surface area contributed by atoms with Gasteiger partial charge in [0.05, 0.1) is 0 Å². The summed E-state index contributed by atoms with van der Waals surface area (Å²) in [5.41, 5.74) is 0. The van der Waals surface area contributed by atoms with Crippen molar-refractivity contribution in [2.75, 3.05) is 0 Å². The van der Waals surface area contributed by atoms with Crippen molar-refractivity contribution in [2.24, 2.45) is 0 Å². The number of hydrogen-bond donors (Lipinski definition) is 0. The van der Waals surface area contributed by atoms with Crippen LogP contribution in [0.25, 0.3) is 0 Å². The molecule has 0 rings (SSSR count). The SMILES string of the molecule is CCCCCCCCCCCC(=O)OC(CC)CC. The fraction of sp³-hybridized carbons (Fsp3) is 0.941. The van der Waals surface area contributed by atoms with Crippen molar-refractivity contribution in [3.63, 3.8) is 0 Å². The summed E-state index contributed by atoms with van der Waals surface area (Å²) in [7, 11) is 0. The van der Waals surface area contributed by atoms with Gasteiger partial charge in [-0.3, -0.25) is 4.79 Å². The van der Waals surface area contributed by atoms with E-state index in [1.165, 1.54) is 51.4 Å². The van der Waals surface area contributed by atoms with E-state index in [9.17, 15) is 4.79 Å². The highest BCUT2D eigenvalue weighted by Gasteiger charge is 2.09. The second-order valence-corrected chi connectivity index (χ2v) is 5.51. The van der Waals surface area contributed by atoms with E-state index < -0.39 is 0 Å². The molecule has 0 radical (unpaired) electrons. The monoisotopic (exact) mass is 270 g/mol. The Morgan fingerprint density at radius 2 is 1.26 bits per heavy atom. The molecule has 0 fully saturated rings. The lowest BCUT2D eigenvalue weighted by Gasteiger charge is -2.13. The number of unbranched alkanes of at least 4 members (excludes halogenated alkanes) is 8. The van der Waals surface area contributed by atoms with E-state index in [-0.39, 0.29) is 12.1 Å². The quantitative estimate of drug-likeness (QED) is 0.320. The molecule has 19 heavy (non-hydrogen) atoms. The first-order valence-electron chi connectivity index (χ1n) is 8.44. The summed E-state index contributed by atoms with van der Waals surface area (Å²) in [5, 5.41) is 0. The molecule has 0 aromatic carbocycles. The number of esters is 1. The molecule has 0 aliphatic rings. The summed E-state index contributed by atoms with van der Waals surface area (Å²) in [6.07, 6.45) is 14.2. The molecule has 0 saturated heterocycles. The highest BCUT2D eigenvalue weighted by atomic mass is 16.5. The minimum absolute atomic E-state index is 0.00311. The van der Waals surface area contributed by atoms with Crippen LogP contribution >= 0.6 is 0 Å². The normalized spacial score (nSPS) is 10.9. The molecule has 0 N–H and O–H groups in total. The lowest BCUT2D eigenvalue weighted by Crippen LogP contribution is -2.16. The van der Waals surface area contributed by atoms with Crippen molar-refractivity contribution in [1.82, 2.24) is 0 Å². The standard InChI is InChI=1S/C17H34O2/c1-4-7-8-9-10-11-12-13-14-15-17(18)19-16(5-2)6-3/h16H,4-15H2,1-3H3. The molecular formula is C17H34O2. The van der Waals surface area contributed by atoms with Gasteiger partial charge in [-0.25, -0.2) is 0 Å². The molecule has 2 nitrogen and oxygen atoms in total. The Labute approximate surface area is 120 Å². The van der Waals surface area contributed by atoms with Crippen LogP contribution in [-0.4, -0.2) is 12.1 Å². The molecule has 0 aliphatic heterocycles. The van der Waals surface area contributed by atoms with E-state index in [1.54, 1.807) is 0 Å². The second-order valence-electron chi connectivity index (χ2n) is 5.51. The molecule has 0 atom stereocenters. The van der Waals surface area contributed by atoms with Crippen LogP contribution in [0.2, 0.25) is 0 Å². The second kappa shape index (κ2) is 13.9. The number of carbonyl (C=O) groups is 1. The third-order valence-corrected chi connectivity index (χ3v) is 3.69. The molecule has 0 unspecified atom stereocenters. The Morgan fingerprint density at radius 3 is 1.74 bits per heavy atom. The fourth-order valence-electron chi connectivity index (χ4n) is 2.28. The van der Waals surface area contributed by atoms with Crippen LogP contribution in [0.4, 0.5) is 0 Å². The first-order chi connectivity index (χ1) is 9.24. The summed E-state index contributed by atoms with van der Waals surface area (Å²) in [6.45, 7) is 6.39. The zero-order valence-electron chi connectivity index (χ0n) is 13.4. The van der Waals surface area contributed by atoms with Gasteiger partial charge in [0.2, 0.25) is 0 Å². The average Bonchev–Trinajstić information content (AvgIpc) is 2.43. The van der Waals surface area contributed by atoms with Crippen LogP contribution in [0.3, 0.4) is 0 Å². The van der Waals surface area contributed by atoms with Gasteiger partial charge in [0.25, 0.3) is 0 Å². The van der Waals surface area contributed by atoms with Gasteiger partial charge >= 0.3 is 5.97 Å². The number of carbonyl (C=O) groups excluding carboxylic acids is 1. The number of ether oxygens (including phenoxy) is 1. The van der Waals surface area contributed by atoms with E-state index in [0.717, 1.165) is 19.3 Å². The van der Waals surface area contributed by atoms with Gasteiger partial charge < -0.3 is 4.74 Å². The van der Waals surface area contributed by atoms with Crippen LogP contribution in [-0.2, 0) is 9.53 Å². The molecule has 0 heterocycles. The summed E-state index contributed by atoms with van der Waals surface area (Å²) >= 11 is 0.